The fraction of sp³-hybridized carbons (Fsp3) is 0.560. The molecular formula is C25H39N5O6. The first kappa shape index (κ1) is 30.4. The molecule has 0 heterocycles. The summed E-state index contributed by atoms with van der Waals surface area (Å²) in [6.07, 6.45) is -0.195. The Bertz CT molecular complexity index is 907. The van der Waals surface area contributed by atoms with Crippen LogP contribution in [0.15, 0.2) is 30.3 Å². The smallest absolute Gasteiger partial charge is 0.407 e. The molecule has 0 unspecified atom stereocenters. The molecule has 1 aromatic rings. The molecule has 0 saturated carbocycles. The predicted octanol–water partition coefficient (Wildman–Crippen LogP) is 0.712. The van der Waals surface area contributed by atoms with E-state index in [2.05, 4.69) is 16.0 Å². The maximum absolute atomic E-state index is 13.0. The van der Waals surface area contributed by atoms with Crippen LogP contribution in [-0.2, 0) is 30.3 Å². The molecular weight excluding hydrogens is 466 g/mol. The molecule has 1 aromatic carbocycles. The molecule has 5 N–H and O–H groups in total. The van der Waals surface area contributed by atoms with Gasteiger partial charge in [-0.25, -0.2) is 4.79 Å². The second-order valence-corrected chi connectivity index (χ2v) is 9.06. The number of carbonyl (C=O) groups excluding carboxylic acids is 5. The minimum atomic E-state index is -0.998. The van der Waals surface area contributed by atoms with Gasteiger partial charge in [0.1, 0.15) is 24.2 Å². The number of hydrogen-bond acceptors (Lipinski definition) is 6. The van der Waals surface area contributed by atoms with Crippen molar-refractivity contribution in [1.29, 1.82) is 0 Å². The summed E-state index contributed by atoms with van der Waals surface area (Å²) in [5.41, 5.74) is 6.20. The van der Waals surface area contributed by atoms with Crippen molar-refractivity contribution in [3.63, 3.8) is 0 Å². The number of amides is 5. The summed E-state index contributed by atoms with van der Waals surface area (Å²) in [6.45, 7) is 8.57. The molecule has 1 rings (SSSR count). The van der Waals surface area contributed by atoms with Gasteiger partial charge in [-0.15, -0.1) is 0 Å². The molecule has 0 saturated heterocycles. The molecule has 11 heteroatoms. The molecule has 200 valence electrons. The Labute approximate surface area is 212 Å². The van der Waals surface area contributed by atoms with E-state index in [0.717, 1.165) is 5.56 Å². The number of nitrogens with zero attached hydrogens (tertiary/aromatic N) is 1. The Balaban J connectivity index is 2.85. The average molecular weight is 506 g/mol. The zero-order valence-corrected chi connectivity index (χ0v) is 21.9. The monoisotopic (exact) mass is 505 g/mol. The van der Waals surface area contributed by atoms with Crippen LogP contribution in [0.5, 0.6) is 0 Å². The molecule has 0 aromatic heterocycles. The third kappa shape index (κ3) is 9.93. The molecule has 0 spiro atoms. The third-order valence-corrected chi connectivity index (χ3v) is 5.57. The van der Waals surface area contributed by atoms with Crippen molar-refractivity contribution in [3.05, 3.63) is 35.9 Å². The van der Waals surface area contributed by atoms with Gasteiger partial charge in [0.25, 0.3) is 0 Å². The normalized spacial score (nSPS) is 14.1. The number of primary amides is 1. The van der Waals surface area contributed by atoms with Gasteiger partial charge >= 0.3 is 6.09 Å². The molecule has 4 atom stereocenters. The lowest BCUT2D eigenvalue weighted by Crippen LogP contribution is -2.57. The molecule has 36 heavy (non-hydrogen) atoms. The summed E-state index contributed by atoms with van der Waals surface area (Å²) in [5.74, 6) is -2.18. The van der Waals surface area contributed by atoms with E-state index in [9.17, 15) is 24.0 Å². The van der Waals surface area contributed by atoms with Crippen LogP contribution < -0.4 is 21.7 Å². The number of rotatable bonds is 13. The Morgan fingerprint density at radius 3 is 2.06 bits per heavy atom. The quantitative estimate of drug-likeness (QED) is 0.309. The summed E-state index contributed by atoms with van der Waals surface area (Å²) < 4.78 is 4.90. The number of carbonyl (C=O) groups is 5. The van der Waals surface area contributed by atoms with E-state index in [1.165, 1.54) is 25.8 Å². The molecule has 5 amide bonds. The van der Waals surface area contributed by atoms with Crippen LogP contribution in [0.1, 0.15) is 46.6 Å². The van der Waals surface area contributed by atoms with E-state index in [0.29, 0.717) is 6.42 Å². The average Bonchev–Trinajstić information content (AvgIpc) is 2.82. The largest absolute Gasteiger partial charge is 0.450 e. The molecule has 0 radical (unpaired) electrons. The Kier molecular flexibility index (Phi) is 12.4. The van der Waals surface area contributed by atoms with Crippen molar-refractivity contribution in [2.75, 3.05) is 13.7 Å². The topological polar surface area (TPSA) is 160 Å². The molecule has 0 aliphatic rings. The van der Waals surface area contributed by atoms with Crippen molar-refractivity contribution in [2.24, 2.45) is 11.7 Å². The molecule has 0 aliphatic carbocycles. The summed E-state index contributed by atoms with van der Waals surface area (Å²) in [6, 6.07) is 5.32. The van der Waals surface area contributed by atoms with Crippen LogP contribution >= 0.6 is 0 Å². The summed E-state index contributed by atoms with van der Waals surface area (Å²) in [5, 5.41) is 7.71. The number of ether oxygens (including phenoxy) is 1. The lowest BCUT2D eigenvalue weighted by Gasteiger charge is -2.29. The Hall–Kier alpha value is -3.63. The van der Waals surface area contributed by atoms with Crippen LogP contribution in [-0.4, -0.2) is 72.4 Å². The second kappa shape index (κ2) is 14.7. The number of benzene rings is 1. The molecule has 0 fully saturated rings. The fourth-order valence-corrected chi connectivity index (χ4v) is 3.43. The SMILES string of the molecule is CCOC(=O)N[C@@H](Cc1ccccc1)C(=O)N[C@@H](C)C(=O)N(C)[C@@H](C)C(=O)N[C@@H](CC(C)C)C(N)=O. The van der Waals surface area contributed by atoms with Crippen LogP contribution in [0, 0.1) is 5.92 Å². The second-order valence-electron chi connectivity index (χ2n) is 9.06. The van der Waals surface area contributed by atoms with Gasteiger partial charge in [-0.3, -0.25) is 19.2 Å². The van der Waals surface area contributed by atoms with Gasteiger partial charge in [0.15, 0.2) is 0 Å². The van der Waals surface area contributed by atoms with E-state index in [-0.39, 0.29) is 18.9 Å². The van der Waals surface area contributed by atoms with Crippen LogP contribution in [0.2, 0.25) is 0 Å². The van der Waals surface area contributed by atoms with Crippen molar-refractivity contribution >= 4 is 29.7 Å². The lowest BCUT2D eigenvalue weighted by molar-refractivity contribution is -0.141. The molecule has 0 aliphatic heterocycles. The van der Waals surface area contributed by atoms with Gasteiger partial charge in [-0.2, -0.15) is 0 Å². The number of hydrogen-bond donors (Lipinski definition) is 4. The summed E-state index contributed by atoms with van der Waals surface area (Å²) in [7, 11) is 1.43. The van der Waals surface area contributed by atoms with Gasteiger partial charge in [-0.1, -0.05) is 44.2 Å². The van der Waals surface area contributed by atoms with E-state index in [1.54, 1.807) is 6.92 Å². The standard InChI is InChI=1S/C25H39N5O6/c1-7-36-25(35)29-20(14-18-11-9-8-10-12-18)23(33)27-16(4)24(34)30(6)17(5)22(32)28-19(21(26)31)13-15(2)3/h8-12,15-17,19-20H,7,13-14H2,1-6H3,(H2,26,31)(H,27,33)(H,28,32)(H,29,35)/t16-,17-,19-,20-/m0/s1. The number of nitrogens with two attached hydrogens (primary N) is 1. The highest BCUT2D eigenvalue weighted by Crippen LogP contribution is 2.08. The number of nitrogens with one attached hydrogen (secondary N) is 3. The van der Waals surface area contributed by atoms with Crippen molar-refractivity contribution in [2.45, 2.75) is 71.6 Å². The van der Waals surface area contributed by atoms with Crippen LogP contribution in [0.4, 0.5) is 4.79 Å². The molecule has 0 bridgehead atoms. The minimum absolute atomic E-state index is 0.125. The minimum Gasteiger partial charge on any atom is -0.450 e. The zero-order chi connectivity index (χ0) is 27.4. The fourth-order valence-electron chi connectivity index (χ4n) is 3.43. The highest BCUT2D eigenvalue weighted by Gasteiger charge is 2.31. The lowest BCUT2D eigenvalue weighted by atomic mass is 10.0. The number of likely N-dealkylation sites (N-methyl/N-ethyl adjacent to an activating group) is 1. The maximum Gasteiger partial charge on any atom is 0.407 e. The third-order valence-electron chi connectivity index (χ3n) is 5.57. The van der Waals surface area contributed by atoms with Gasteiger partial charge in [0, 0.05) is 13.5 Å². The van der Waals surface area contributed by atoms with E-state index < -0.39 is 53.9 Å². The van der Waals surface area contributed by atoms with Gasteiger partial charge in [0.05, 0.1) is 6.61 Å². The van der Waals surface area contributed by atoms with Crippen molar-refractivity contribution < 1.29 is 28.7 Å². The summed E-state index contributed by atoms with van der Waals surface area (Å²) >= 11 is 0. The maximum atomic E-state index is 13.0. The van der Waals surface area contributed by atoms with E-state index in [4.69, 9.17) is 10.5 Å². The van der Waals surface area contributed by atoms with Crippen molar-refractivity contribution in [3.8, 4) is 0 Å². The van der Waals surface area contributed by atoms with Crippen LogP contribution in [0.3, 0.4) is 0 Å². The highest BCUT2D eigenvalue weighted by molar-refractivity contribution is 5.94. The Morgan fingerprint density at radius 1 is 0.917 bits per heavy atom. The van der Waals surface area contributed by atoms with Crippen molar-refractivity contribution in [1.82, 2.24) is 20.9 Å². The van der Waals surface area contributed by atoms with Gasteiger partial charge in [-0.05, 0) is 38.7 Å². The zero-order valence-electron chi connectivity index (χ0n) is 21.9. The first-order valence-corrected chi connectivity index (χ1v) is 12.0. The highest BCUT2D eigenvalue weighted by atomic mass is 16.5. The molecule has 11 nitrogen and oxygen atoms in total. The van der Waals surface area contributed by atoms with Crippen LogP contribution in [0.25, 0.3) is 0 Å². The summed E-state index contributed by atoms with van der Waals surface area (Å²) in [4.78, 5) is 63.4. The van der Waals surface area contributed by atoms with Gasteiger partial charge in [0.2, 0.25) is 23.6 Å². The Morgan fingerprint density at radius 2 is 1.53 bits per heavy atom. The number of alkyl carbamates (subject to hydrolysis) is 1. The van der Waals surface area contributed by atoms with E-state index >= 15 is 0 Å². The van der Waals surface area contributed by atoms with Gasteiger partial charge < -0.3 is 31.3 Å². The first-order valence-electron chi connectivity index (χ1n) is 12.0. The predicted molar refractivity (Wildman–Crippen MR) is 135 cm³/mol. The first-order chi connectivity index (χ1) is 16.9. The van der Waals surface area contributed by atoms with E-state index in [1.807, 2.05) is 44.2 Å².